The molecular formula is C22H22Cl2FNO2. The number of hydrogen-bond donors (Lipinski definition) is 1. The zero-order valence-corrected chi connectivity index (χ0v) is 17.7. The van der Waals surface area contributed by atoms with Gasteiger partial charge in [0.05, 0.1) is 5.02 Å². The van der Waals surface area contributed by atoms with Crippen LogP contribution >= 0.6 is 23.2 Å². The Kier molecular flexibility index (Phi) is 7.02. The van der Waals surface area contributed by atoms with Crippen molar-refractivity contribution in [1.29, 1.82) is 0 Å². The number of benzene rings is 2. The molecule has 0 spiro atoms. The summed E-state index contributed by atoms with van der Waals surface area (Å²) in [4.78, 5) is 24.4. The molecule has 0 saturated heterocycles. The summed E-state index contributed by atoms with van der Waals surface area (Å²) in [5.74, 6) is -1.05. The van der Waals surface area contributed by atoms with Crippen molar-refractivity contribution in [3.8, 4) is 0 Å². The van der Waals surface area contributed by atoms with Crippen LogP contribution in [0.25, 0.3) is 6.08 Å². The van der Waals surface area contributed by atoms with Crippen molar-refractivity contribution in [3.05, 3.63) is 74.5 Å². The van der Waals surface area contributed by atoms with E-state index in [0.29, 0.717) is 10.6 Å². The monoisotopic (exact) mass is 421 g/mol. The molecule has 0 fully saturated rings. The Balaban J connectivity index is 2.23. The van der Waals surface area contributed by atoms with Crippen LogP contribution in [0.3, 0.4) is 0 Å². The summed E-state index contributed by atoms with van der Waals surface area (Å²) in [6.45, 7) is 7.16. The Bertz CT molecular complexity index is 946. The second-order valence-corrected chi connectivity index (χ2v) is 8.34. The number of carbonyl (C=O) groups excluding carboxylic acids is 2. The first kappa shape index (κ1) is 22.1. The van der Waals surface area contributed by atoms with Crippen molar-refractivity contribution in [3.63, 3.8) is 0 Å². The SMILES string of the molecule is Cc1cc(C(=O)/C=C/c2c(Cl)ccc(CNC(=O)C(C)(C)C)c2F)ccc1Cl. The summed E-state index contributed by atoms with van der Waals surface area (Å²) in [7, 11) is 0. The Hall–Kier alpha value is -2.17. The van der Waals surface area contributed by atoms with E-state index in [-0.39, 0.29) is 34.4 Å². The first-order chi connectivity index (χ1) is 13.0. The number of nitrogens with one attached hydrogen (secondary N) is 1. The fraction of sp³-hybridized carbons (Fsp3) is 0.273. The molecule has 1 amide bonds. The fourth-order valence-corrected chi connectivity index (χ4v) is 2.72. The van der Waals surface area contributed by atoms with E-state index in [1.807, 2.05) is 0 Å². The number of rotatable bonds is 5. The standard InChI is InChI=1S/C22H22Cl2FNO2/c1-13-11-14(5-8-17(13)23)19(27)10-7-16-18(24)9-6-15(20(16)25)12-26-21(28)22(2,3)4/h5-11H,12H2,1-4H3,(H,26,28)/b10-7+. The Labute approximate surface area is 174 Å². The molecular weight excluding hydrogens is 400 g/mol. The molecule has 0 atom stereocenters. The van der Waals surface area contributed by atoms with E-state index in [9.17, 15) is 14.0 Å². The molecule has 148 valence electrons. The number of carbonyl (C=O) groups is 2. The van der Waals surface area contributed by atoms with Crippen LogP contribution in [0.5, 0.6) is 0 Å². The molecule has 6 heteroatoms. The van der Waals surface area contributed by atoms with E-state index in [0.717, 1.165) is 5.56 Å². The van der Waals surface area contributed by atoms with Crippen LogP contribution in [0, 0.1) is 18.2 Å². The molecule has 0 unspecified atom stereocenters. The van der Waals surface area contributed by atoms with Gasteiger partial charge < -0.3 is 5.32 Å². The van der Waals surface area contributed by atoms with Gasteiger partial charge in [-0.25, -0.2) is 4.39 Å². The molecule has 0 aliphatic carbocycles. The molecule has 3 nitrogen and oxygen atoms in total. The van der Waals surface area contributed by atoms with E-state index in [1.54, 1.807) is 52.0 Å². The summed E-state index contributed by atoms with van der Waals surface area (Å²) in [5.41, 5.74) is 1.04. The molecule has 0 heterocycles. The summed E-state index contributed by atoms with van der Waals surface area (Å²) >= 11 is 12.1. The number of hydrogen-bond acceptors (Lipinski definition) is 2. The van der Waals surface area contributed by atoms with Crippen molar-refractivity contribution in [2.45, 2.75) is 34.2 Å². The zero-order chi connectivity index (χ0) is 21.1. The summed E-state index contributed by atoms with van der Waals surface area (Å²) in [6.07, 6.45) is 2.61. The Morgan fingerprint density at radius 3 is 2.36 bits per heavy atom. The Morgan fingerprint density at radius 2 is 1.75 bits per heavy atom. The number of ketones is 1. The van der Waals surface area contributed by atoms with E-state index < -0.39 is 11.2 Å². The van der Waals surface area contributed by atoms with Gasteiger partial charge in [-0.1, -0.05) is 50.0 Å². The average Bonchev–Trinajstić information content (AvgIpc) is 2.61. The van der Waals surface area contributed by atoms with Gasteiger partial charge in [-0.3, -0.25) is 9.59 Å². The van der Waals surface area contributed by atoms with Gasteiger partial charge in [-0.05, 0) is 48.9 Å². The lowest BCUT2D eigenvalue weighted by atomic mass is 9.95. The molecule has 0 bridgehead atoms. The van der Waals surface area contributed by atoms with Gasteiger partial charge in [-0.2, -0.15) is 0 Å². The zero-order valence-electron chi connectivity index (χ0n) is 16.2. The topological polar surface area (TPSA) is 46.2 Å². The van der Waals surface area contributed by atoms with E-state index in [4.69, 9.17) is 23.2 Å². The number of amides is 1. The maximum Gasteiger partial charge on any atom is 0.225 e. The minimum Gasteiger partial charge on any atom is -0.351 e. The van der Waals surface area contributed by atoms with Crippen molar-refractivity contribution in [2.75, 3.05) is 0 Å². The highest BCUT2D eigenvalue weighted by molar-refractivity contribution is 6.32. The highest BCUT2D eigenvalue weighted by atomic mass is 35.5. The van der Waals surface area contributed by atoms with Crippen molar-refractivity contribution >= 4 is 41.0 Å². The molecule has 0 aromatic heterocycles. The van der Waals surface area contributed by atoms with E-state index in [2.05, 4.69) is 5.32 Å². The highest BCUT2D eigenvalue weighted by Crippen LogP contribution is 2.25. The highest BCUT2D eigenvalue weighted by Gasteiger charge is 2.21. The average molecular weight is 422 g/mol. The largest absolute Gasteiger partial charge is 0.351 e. The summed E-state index contributed by atoms with van der Waals surface area (Å²) in [5, 5.41) is 3.45. The van der Waals surface area contributed by atoms with E-state index in [1.165, 1.54) is 18.2 Å². The van der Waals surface area contributed by atoms with Gasteiger partial charge in [0.25, 0.3) is 0 Å². The van der Waals surface area contributed by atoms with Gasteiger partial charge in [0.2, 0.25) is 5.91 Å². The van der Waals surface area contributed by atoms with Crippen molar-refractivity contribution in [2.24, 2.45) is 5.41 Å². The van der Waals surface area contributed by atoms with Gasteiger partial charge in [0, 0.05) is 33.7 Å². The van der Waals surface area contributed by atoms with Crippen molar-refractivity contribution in [1.82, 2.24) is 5.32 Å². The number of aryl methyl sites for hydroxylation is 1. The lowest BCUT2D eigenvalue weighted by molar-refractivity contribution is -0.128. The third kappa shape index (κ3) is 5.43. The van der Waals surface area contributed by atoms with Gasteiger partial charge in [-0.15, -0.1) is 0 Å². The van der Waals surface area contributed by atoms with Gasteiger partial charge in [0.15, 0.2) is 5.78 Å². The molecule has 2 aromatic rings. The van der Waals surface area contributed by atoms with Crippen LogP contribution in [0.1, 0.15) is 47.8 Å². The van der Waals surface area contributed by atoms with Gasteiger partial charge in [0.1, 0.15) is 5.82 Å². The first-order valence-corrected chi connectivity index (χ1v) is 9.50. The summed E-state index contributed by atoms with van der Waals surface area (Å²) < 4.78 is 14.8. The smallest absolute Gasteiger partial charge is 0.225 e. The minimum absolute atomic E-state index is 0.0320. The first-order valence-electron chi connectivity index (χ1n) is 8.74. The molecule has 2 rings (SSSR count). The fourth-order valence-electron chi connectivity index (χ4n) is 2.40. The normalized spacial score (nSPS) is 11.7. The maximum atomic E-state index is 14.8. The third-order valence-electron chi connectivity index (χ3n) is 4.17. The third-order valence-corrected chi connectivity index (χ3v) is 4.92. The molecule has 1 N–H and O–H groups in total. The second kappa shape index (κ2) is 8.89. The van der Waals surface area contributed by atoms with Crippen LogP contribution in [0.4, 0.5) is 4.39 Å². The molecule has 0 aliphatic rings. The Morgan fingerprint density at radius 1 is 1.11 bits per heavy atom. The predicted octanol–water partition coefficient (Wildman–Crippen LogP) is 6.00. The molecule has 2 aromatic carbocycles. The molecule has 28 heavy (non-hydrogen) atoms. The van der Waals surface area contributed by atoms with Crippen LogP contribution in [0.2, 0.25) is 10.0 Å². The maximum absolute atomic E-state index is 14.8. The molecule has 0 aliphatic heterocycles. The molecule has 0 saturated carbocycles. The lowest BCUT2D eigenvalue weighted by Crippen LogP contribution is -2.34. The number of halogens is 3. The summed E-state index contributed by atoms with van der Waals surface area (Å²) in [6, 6.07) is 7.98. The van der Waals surface area contributed by atoms with Crippen LogP contribution in [0.15, 0.2) is 36.4 Å². The van der Waals surface area contributed by atoms with Crippen LogP contribution in [-0.2, 0) is 11.3 Å². The van der Waals surface area contributed by atoms with Crippen LogP contribution < -0.4 is 5.32 Å². The molecule has 0 radical (unpaired) electrons. The second-order valence-electron chi connectivity index (χ2n) is 7.53. The quantitative estimate of drug-likeness (QED) is 0.475. The van der Waals surface area contributed by atoms with Gasteiger partial charge >= 0.3 is 0 Å². The minimum atomic E-state index is -0.575. The number of allylic oxidation sites excluding steroid dienone is 1. The van der Waals surface area contributed by atoms with Crippen molar-refractivity contribution < 1.29 is 14.0 Å². The lowest BCUT2D eigenvalue weighted by Gasteiger charge is -2.18. The van der Waals surface area contributed by atoms with Crippen LogP contribution in [-0.4, -0.2) is 11.7 Å². The van der Waals surface area contributed by atoms with E-state index >= 15 is 0 Å². The predicted molar refractivity (Wildman–Crippen MR) is 112 cm³/mol.